The zero-order valence-corrected chi connectivity index (χ0v) is 15.3. The van der Waals surface area contributed by atoms with Crippen LogP contribution in [0.15, 0.2) is 0 Å². The van der Waals surface area contributed by atoms with Gasteiger partial charge in [-0.15, -0.1) is 0 Å². The predicted octanol–water partition coefficient (Wildman–Crippen LogP) is 7.01. The topological polar surface area (TPSA) is 0 Å². The molecule has 0 aliphatic rings. The first-order valence-electron chi connectivity index (χ1n) is 6.63. The third-order valence-electron chi connectivity index (χ3n) is 2.85. The monoisotopic (exact) mass is 286 g/mol. The molecule has 0 atom stereocenters. The molecule has 0 aromatic heterocycles. The van der Waals surface area contributed by atoms with E-state index < -0.39 is 12.4 Å². The van der Waals surface area contributed by atoms with Crippen molar-refractivity contribution in [2.75, 3.05) is 0 Å². The van der Waals surface area contributed by atoms with Gasteiger partial charge in [0, 0.05) is 0 Å². The Kier molecular flexibility index (Phi) is 4.38. The molecule has 0 saturated carbocycles. The van der Waals surface area contributed by atoms with Gasteiger partial charge in [0.2, 0.25) is 0 Å². The van der Waals surface area contributed by atoms with Gasteiger partial charge >= 0.3 is 113 Å². The van der Waals surface area contributed by atoms with Crippen LogP contribution in [0.4, 0.5) is 0 Å². The van der Waals surface area contributed by atoms with Gasteiger partial charge in [0.05, 0.1) is 0 Å². The van der Waals surface area contributed by atoms with Crippen LogP contribution < -0.4 is 0 Å². The Morgan fingerprint density at radius 2 is 0.471 bits per heavy atom. The zero-order valence-electron chi connectivity index (χ0n) is 14.3. The molecule has 0 unspecified atom stereocenters. The minimum absolute atomic E-state index is 0.359. The second-order valence-electron chi connectivity index (χ2n) is 8.37. The Morgan fingerprint density at radius 3 is 0.471 bits per heavy atom. The van der Waals surface area contributed by atoms with Crippen LogP contribution >= 0.6 is 0 Å². The fraction of sp³-hybridized carbons (Fsp3) is 1.00. The molecule has 0 fully saturated rings. The fourth-order valence-corrected chi connectivity index (χ4v) is 17.6. The van der Waals surface area contributed by atoms with Crippen LogP contribution in [0.2, 0.25) is 17.5 Å². The first-order valence-corrected chi connectivity index (χ1v) is 8.61. The molecule has 0 aromatic rings. The van der Waals surface area contributed by atoms with Crippen LogP contribution in [-0.4, -0.2) is 0 Å². The molecule has 0 N–H and O–H groups in total. The molecule has 0 spiro atoms. The van der Waals surface area contributed by atoms with Gasteiger partial charge in [-0.25, -0.2) is 0 Å². The molecule has 0 radical (unpaired) electrons. The van der Waals surface area contributed by atoms with Crippen molar-refractivity contribution in [2.45, 2.75) is 101 Å². The summed E-state index contributed by atoms with van der Waals surface area (Å²) in [4.78, 5) is 0. The van der Waals surface area contributed by atoms with Gasteiger partial charge in [0.1, 0.15) is 0 Å². The predicted molar refractivity (Wildman–Crippen MR) is 78.9 cm³/mol. The maximum absolute atomic E-state index is 2.45. The first kappa shape index (κ1) is 17.5. The fourth-order valence-electron chi connectivity index (χ4n) is 4.27. The van der Waals surface area contributed by atoms with Crippen molar-refractivity contribution < 1.29 is 12.4 Å². The Labute approximate surface area is 113 Å². The SMILES string of the molecule is C[C](C)(C)[Ni]([C](C)(C)C)([C](C)(C)C)[C](C)(C)C. The van der Waals surface area contributed by atoms with E-state index in [9.17, 15) is 0 Å². The summed E-state index contributed by atoms with van der Waals surface area (Å²) in [6, 6.07) is 0. The molecule has 0 aliphatic carbocycles. The van der Waals surface area contributed by atoms with Crippen molar-refractivity contribution in [1.82, 2.24) is 0 Å². The summed E-state index contributed by atoms with van der Waals surface area (Å²) in [7, 11) is 0. The second-order valence-corrected chi connectivity index (χ2v) is 15.8. The summed E-state index contributed by atoms with van der Waals surface area (Å²) in [5.41, 5.74) is 0. The Hall–Kier alpha value is 0.494. The molecular weight excluding hydrogens is 251 g/mol. The first-order chi connectivity index (χ1) is 7.00. The van der Waals surface area contributed by atoms with E-state index in [4.69, 9.17) is 0 Å². The average Bonchev–Trinajstić information content (AvgIpc) is 1.67. The summed E-state index contributed by atoms with van der Waals surface area (Å²) in [5, 5.41) is 0. The van der Waals surface area contributed by atoms with Crippen LogP contribution in [0.1, 0.15) is 83.1 Å². The molecule has 0 rings (SSSR count). The molecule has 110 valence electrons. The molecule has 0 nitrogen and oxygen atoms in total. The van der Waals surface area contributed by atoms with Crippen molar-refractivity contribution in [2.24, 2.45) is 0 Å². The van der Waals surface area contributed by atoms with E-state index in [0.29, 0.717) is 17.5 Å². The van der Waals surface area contributed by atoms with Gasteiger partial charge in [-0.2, -0.15) is 0 Å². The van der Waals surface area contributed by atoms with Crippen LogP contribution in [0.25, 0.3) is 0 Å². The molecule has 1 heteroatoms. The number of hydrogen-bond donors (Lipinski definition) is 0. The quantitative estimate of drug-likeness (QED) is 0.420. The minimum atomic E-state index is -1.00. The van der Waals surface area contributed by atoms with E-state index in [1.807, 2.05) is 0 Å². The Bertz CT molecular complexity index is 198. The van der Waals surface area contributed by atoms with Crippen LogP contribution in [0.5, 0.6) is 0 Å². The summed E-state index contributed by atoms with van der Waals surface area (Å²) < 4.78 is 1.44. The normalized spacial score (nSPS) is 17.2. The molecule has 0 aromatic carbocycles. The number of hydrogen-bond acceptors (Lipinski definition) is 0. The van der Waals surface area contributed by atoms with Crippen LogP contribution in [0.3, 0.4) is 0 Å². The van der Waals surface area contributed by atoms with Crippen molar-refractivity contribution >= 4 is 0 Å². The van der Waals surface area contributed by atoms with Gasteiger partial charge in [-0.05, 0) is 0 Å². The molecule has 0 aliphatic heterocycles. The van der Waals surface area contributed by atoms with E-state index >= 15 is 0 Å². The molecule has 17 heavy (non-hydrogen) atoms. The van der Waals surface area contributed by atoms with Crippen molar-refractivity contribution in [3.05, 3.63) is 0 Å². The molecule has 0 bridgehead atoms. The summed E-state index contributed by atoms with van der Waals surface area (Å²) in [6.07, 6.45) is 0. The van der Waals surface area contributed by atoms with E-state index in [2.05, 4.69) is 83.1 Å². The van der Waals surface area contributed by atoms with Crippen LogP contribution in [-0.2, 0) is 12.4 Å². The third-order valence-corrected chi connectivity index (χ3v) is 11.7. The average molecular weight is 287 g/mol. The Balaban J connectivity index is 6.37. The van der Waals surface area contributed by atoms with Gasteiger partial charge in [-0.3, -0.25) is 0 Å². The summed E-state index contributed by atoms with van der Waals surface area (Å²) in [5.74, 6) is 0. The standard InChI is InChI=1S/4C4H9.Ni/c4*1-4(2)3;/h4*1-3H3;. The van der Waals surface area contributed by atoms with Gasteiger partial charge in [-0.1, -0.05) is 0 Å². The van der Waals surface area contributed by atoms with E-state index in [1.165, 1.54) is 0 Å². The Morgan fingerprint density at radius 1 is 0.353 bits per heavy atom. The molecule has 0 heterocycles. The van der Waals surface area contributed by atoms with Crippen molar-refractivity contribution in [1.29, 1.82) is 0 Å². The maximum atomic E-state index is 2.45. The van der Waals surface area contributed by atoms with E-state index in [-0.39, 0.29) is 0 Å². The van der Waals surface area contributed by atoms with Crippen LogP contribution in [0, 0.1) is 0 Å². The van der Waals surface area contributed by atoms with Crippen molar-refractivity contribution in [3.63, 3.8) is 0 Å². The third kappa shape index (κ3) is 2.60. The summed E-state index contributed by atoms with van der Waals surface area (Å²) in [6.45, 7) is 29.4. The summed E-state index contributed by atoms with van der Waals surface area (Å²) >= 11 is -1.00. The molecule has 0 saturated heterocycles. The molecular formula is C16H36Ni. The second kappa shape index (κ2) is 4.26. The van der Waals surface area contributed by atoms with Gasteiger partial charge in [0.15, 0.2) is 0 Å². The van der Waals surface area contributed by atoms with Gasteiger partial charge < -0.3 is 0 Å². The van der Waals surface area contributed by atoms with Gasteiger partial charge in [0.25, 0.3) is 0 Å². The zero-order chi connectivity index (χ0) is 14.5. The van der Waals surface area contributed by atoms with Crippen molar-refractivity contribution in [3.8, 4) is 0 Å². The molecule has 0 amide bonds. The van der Waals surface area contributed by atoms with E-state index in [0.717, 1.165) is 0 Å². The number of rotatable bonds is 0. The van der Waals surface area contributed by atoms with E-state index in [1.54, 1.807) is 0 Å².